The molecule has 1 aliphatic heterocycles. The van der Waals surface area contributed by atoms with Gasteiger partial charge in [-0.25, -0.2) is 0 Å². The Balaban J connectivity index is 1.92. The van der Waals surface area contributed by atoms with Gasteiger partial charge in [-0.05, 0) is 0 Å². The predicted octanol–water partition coefficient (Wildman–Crippen LogP) is 4.82. The molecule has 0 saturated carbocycles. The van der Waals surface area contributed by atoms with Crippen LogP contribution in [-0.2, 0) is 21.1 Å². The molecule has 0 spiro atoms. The maximum atomic E-state index is 13.8. The molecule has 0 amide bonds. The van der Waals surface area contributed by atoms with E-state index in [0.717, 1.165) is 11.6 Å². The summed E-state index contributed by atoms with van der Waals surface area (Å²) in [5.74, 6) is -0.947. The van der Waals surface area contributed by atoms with Crippen molar-refractivity contribution in [3.63, 3.8) is 0 Å². The van der Waals surface area contributed by atoms with Gasteiger partial charge in [0.15, 0.2) is 0 Å². The summed E-state index contributed by atoms with van der Waals surface area (Å²) in [5.41, 5.74) is 15.3. The first-order chi connectivity index (χ1) is 13.9. The van der Waals surface area contributed by atoms with Crippen LogP contribution in [0.3, 0.4) is 0 Å². The zero-order valence-corrected chi connectivity index (χ0v) is 16.0. The van der Waals surface area contributed by atoms with Crippen LogP contribution >= 0.6 is 0 Å². The molecule has 1 aliphatic rings. The van der Waals surface area contributed by atoms with Gasteiger partial charge in [-0.15, -0.1) is 0 Å². The van der Waals surface area contributed by atoms with E-state index in [0.29, 0.717) is 33.8 Å². The summed E-state index contributed by atoms with van der Waals surface area (Å²) in [7, 11) is -1.76. The summed E-state index contributed by atoms with van der Waals surface area (Å²) in [6.07, 6.45) is 1.87. The van der Waals surface area contributed by atoms with Gasteiger partial charge in [0.1, 0.15) is 0 Å². The van der Waals surface area contributed by atoms with Gasteiger partial charge in [-0.1, -0.05) is 0 Å². The van der Waals surface area contributed by atoms with E-state index in [4.69, 9.17) is 11.5 Å². The normalized spacial score (nSPS) is 13.4. The molecule has 0 aromatic heterocycles. The molecule has 4 N–H and O–H groups in total. The van der Waals surface area contributed by atoms with Gasteiger partial charge < -0.3 is 0 Å². The molecular formula is C22H17F2N3OS. The summed E-state index contributed by atoms with van der Waals surface area (Å²) in [6, 6.07) is 15.2. The number of rotatable bonds is 1. The van der Waals surface area contributed by atoms with E-state index < -0.39 is 16.5 Å². The van der Waals surface area contributed by atoms with Gasteiger partial charge >= 0.3 is 168 Å². The summed E-state index contributed by atoms with van der Waals surface area (Å²) in [4.78, 5) is 5.06. The quantitative estimate of drug-likeness (QED) is 0.343. The number of halogens is 2. The van der Waals surface area contributed by atoms with Crippen molar-refractivity contribution in [2.24, 2.45) is 4.99 Å². The van der Waals surface area contributed by atoms with Crippen LogP contribution in [0.4, 0.5) is 25.8 Å². The fourth-order valence-electron chi connectivity index (χ4n) is 3.26. The Bertz CT molecular complexity index is 1220. The number of nitrogens with zero attached hydrogens (tertiary/aromatic N) is 1. The van der Waals surface area contributed by atoms with Crippen molar-refractivity contribution in [1.29, 1.82) is 0 Å². The van der Waals surface area contributed by atoms with Crippen molar-refractivity contribution in [1.82, 2.24) is 0 Å². The molecule has 0 aliphatic carbocycles. The van der Waals surface area contributed by atoms with Crippen molar-refractivity contribution in [2.75, 3.05) is 11.5 Å². The Morgan fingerprint density at radius 1 is 0.931 bits per heavy atom. The number of hydrogen-bond acceptors (Lipinski definition) is 4. The summed E-state index contributed by atoms with van der Waals surface area (Å²) >= 11 is 0. The number of para-hydroxylation sites is 1. The number of nitrogens with two attached hydrogens (primary N) is 2. The first kappa shape index (κ1) is 19.2. The van der Waals surface area contributed by atoms with Gasteiger partial charge in [0.05, 0.1) is 0 Å². The molecule has 4 rings (SSSR count). The molecule has 0 unspecified atom stereocenters. The van der Waals surface area contributed by atoms with E-state index in [1.54, 1.807) is 18.2 Å². The van der Waals surface area contributed by atoms with Crippen LogP contribution in [0.15, 0.2) is 75.5 Å². The van der Waals surface area contributed by atoms with Crippen LogP contribution < -0.4 is 11.5 Å². The number of hydrogen-bond donors (Lipinski definition) is 2. The Morgan fingerprint density at radius 2 is 1.69 bits per heavy atom. The number of anilines is 2. The molecule has 0 saturated heterocycles. The SMILES string of the molecule is Nc1cc(F)cc([S-](#[O+])C2=C(c3ccc(F)cc3)Cc3cccc(N)c3N=C2)c1. The fraction of sp³-hybridized carbons (Fsp3) is 0.0455. The number of allylic oxidation sites excluding steroid dienone is 2. The predicted molar refractivity (Wildman–Crippen MR) is 113 cm³/mol. The summed E-state index contributed by atoms with van der Waals surface area (Å²) < 4.78 is 40.7. The number of fused-ring (bicyclic) bond motifs is 1. The van der Waals surface area contributed by atoms with E-state index in [1.165, 1.54) is 30.5 Å². The topological polar surface area (TPSA) is 84.3 Å². The average molecular weight is 409 g/mol. The van der Waals surface area contributed by atoms with Crippen molar-refractivity contribution < 1.29 is 12.8 Å². The minimum atomic E-state index is -1.76. The first-order valence-corrected chi connectivity index (χ1v) is 9.96. The molecule has 4 nitrogen and oxygen atoms in total. The van der Waals surface area contributed by atoms with Gasteiger partial charge in [-0.3, -0.25) is 0 Å². The van der Waals surface area contributed by atoms with Crippen LogP contribution in [0.5, 0.6) is 0 Å². The van der Waals surface area contributed by atoms with Crippen molar-refractivity contribution >= 4 is 39.5 Å². The maximum absolute atomic E-state index is 13.8. The van der Waals surface area contributed by atoms with Crippen LogP contribution in [0.1, 0.15) is 11.1 Å². The number of nitrogen functional groups attached to an aromatic ring is 2. The van der Waals surface area contributed by atoms with E-state index >= 15 is 0 Å². The van der Waals surface area contributed by atoms with Crippen molar-refractivity contribution in [3.05, 3.63) is 88.3 Å². The van der Waals surface area contributed by atoms with Crippen LogP contribution in [0, 0.1) is 11.6 Å². The molecule has 3 aromatic rings. The molecule has 0 radical (unpaired) electrons. The molecule has 0 bridgehead atoms. The van der Waals surface area contributed by atoms with Crippen LogP contribution in [0.2, 0.25) is 0 Å². The second kappa shape index (κ2) is 7.69. The third-order valence-corrected chi connectivity index (χ3v) is 6.04. The molecule has 29 heavy (non-hydrogen) atoms. The Kier molecular flexibility index (Phi) is 5.08. The average Bonchev–Trinajstić information content (AvgIpc) is 2.88. The second-order valence-electron chi connectivity index (χ2n) is 6.63. The first-order valence-electron chi connectivity index (χ1n) is 8.81. The standard InChI is InChI=1S/C22H17F2N3OS/c23-15-6-4-13(5-7-15)19-8-14-2-1-3-20(26)22(14)27-12-21(19)29(28)18-10-16(24)9-17(25)11-18/h1-7,9-12H,8,25-26H2. The summed E-state index contributed by atoms with van der Waals surface area (Å²) in [6.45, 7) is 0. The molecular weight excluding hydrogens is 392 g/mol. The van der Waals surface area contributed by atoms with E-state index in [1.807, 2.05) is 12.1 Å². The zero-order chi connectivity index (χ0) is 20.5. The second-order valence-corrected chi connectivity index (χ2v) is 8.08. The molecule has 7 heteroatoms. The van der Waals surface area contributed by atoms with Gasteiger partial charge in [-0.2, -0.15) is 0 Å². The minimum absolute atomic E-state index is 0.176. The van der Waals surface area contributed by atoms with E-state index in [9.17, 15) is 12.8 Å². The Morgan fingerprint density at radius 3 is 2.41 bits per heavy atom. The fourth-order valence-corrected chi connectivity index (χ4v) is 4.54. The van der Waals surface area contributed by atoms with Crippen molar-refractivity contribution in [2.45, 2.75) is 11.3 Å². The summed E-state index contributed by atoms with van der Waals surface area (Å²) in [5, 5.41) is 0. The van der Waals surface area contributed by atoms with Gasteiger partial charge in [0.25, 0.3) is 0 Å². The van der Waals surface area contributed by atoms with Gasteiger partial charge in [0.2, 0.25) is 0 Å². The van der Waals surface area contributed by atoms with Crippen LogP contribution in [0.25, 0.3) is 5.57 Å². The zero-order valence-electron chi connectivity index (χ0n) is 15.2. The Labute approximate surface area is 168 Å². The number of aliphatic imine (C=N–C) groups is 1. The third-order valence-electron chi connectivity index (χ3n) is 4.63. The Hall–Kier alpha value is -3.16. The molecule has 146 valence electrons. The van der Waals surface area contributed by atoms with Crippen LogP contribution in [-0.4, -0.2) is 6.21 Å². The monoisotopic (exact) mass is 409 g/mol. The number of benzene rings is 3. The van der Waals surface area contributed by atoms with E-state index in [-0.39, 0.29) is 16.4 Å². The van der Waals surface area contributed by atoms with E-state index in [2.05, 4.69) is 4.99 Å². The molecule has 0 atom stereocenters. The third kappa shape index (κ3) is 3.87. The molecule has 1 heterocycles. The van der Waals surface area contributed by atoms with Gasteiger partial charge in [0, 0.05) is 0 Å². The van der Waals surface area contributed by atoms with Crippen molar-refractivity contribution in [3.8, 4) is 0 Å². The molecule has 3 aromatic carbocycles. The molecule has 0 fully saturated rings.